The van der Waals surface area contributed by atoms with Gasteiger partial charge in [-0.3, -0.25) is 9.78 Å². The van der Waals surface area contributed by atoms with E-state index in [0.717, 1.165) is 5.56 Å². The predicted octanol–water partition coefficient (Wildman–Crippen LogP) is 0.898. The fourth-order valence-corrected chi connectivity index (χ4v) is 1.13. The Morgan fingerprint density at radius 1 is 1.69 bits per heavy atom. The lowest BCUT2D eigenvalue weighted by Gasteiger charge is -2.10. The molecule has 0 spiro atoms. The van der Waals surface area contributed by atoms with Crippen LogP contribution < -0.4 is 0 Å². The van der Waals surface area contributed by atoms with E-state index in [9.17, 15) is 9.90 Å². The maximum atomic E-state index is 10.3. The topological polar surface area (TPSA) is 70.4 Å². The molecule has 1 aromatic heterocycles. The minimum absolute atomic E-state index is 0.273. The zero-order valence-electron chi connectivity index (χ0n) is 7.27. The first-order chi connectivity index (χ1) is 6.11. The SMILES string of the molecule is Cc1cnccc1[C@@H](O)CC(=O)O. The number of carboxylic acid groups (broad SMARTS) is 1. The van der Waals surface area contributed by atoms with Gasteiger partial charge in [0, 0.05) is 12.4 Å². The van der Waals surface area contributed by atoms with Crippen LogP contribution >= 0.6 is 0 Å². The fraction of sp³-hybridized carbons (Fsp3) is 0.333. The molecule has 4 heteroatoms. The lowest BCUT2D eigenvalue weighted by molar-refractivity contribution is -0.139. The average Bonchev–Trinajstić information content (AvgIpc) is 2.03. The summed E-state index contributed by atoms with van der Waals surface area (Å²) in [4.78, 5) is 14.2. The summed E-state index contributed by atoms with van der Waals surface area (Å²) >= 11 is 0. The van der Waals surface area contributed by atoms with Gasteiger partial charge in [0.15, 0.2) is 0 Å². The van der Waals surface area contributed by atoms with Crippen molar-refractivity contribution in [2.75, 3.05) is 0 Å². The van der Waals surface area contributed by atoms with Crippen LogP contribution in [0, 0.1) is 6.92 Å². The van der Waals surface area contributed by atoms with Gasteiger partial charge in [0.2, 0.25) is 0 Å². The van der Waals surface area contributed by atoms with Crippen molar-refractivity contribution >= 4 is 5.97 Å². The summed E-state index contributed by atoms with van der Waals surface area (Å²) in [6, 6.07) is 1.63. The normalized spacial score (nSPS) is 12.5. The van der Waals surface area contributed by atoms with Gasteiger partial charge in [-0.05, 0) is 24.1 Å². The quantitative estimate of drug-likeness (QED) is 0.726. The molecule has 2 N–H and O–H groups in total. The van der Waals surface area contributed by atoms with Crippen molar-refractivity contribution in [1.29, 1.82) is 0 Å². The van der Waals surface area contributed by atoms with Gasteiger partial charge in [-0.15, -0.1) is 0 Å². The van der Waals surface area contributed by atoms with E-state index < -0.39 is 12.1 Å². The van der Waals surface area contributed by atoms with Crippen molar-refractivity contribution in [1.82, 2.24) is 4.98 Å². The number of aromatic nitrogens is 1. The molecule has 1 heterocycles. The number of carboxylic acids is 1. The molecule has 0 bridgehead atoms. The number of aryl methyl sites for hydroxylation is 1. The van der Waals surface area contributed by atoms with Crippen LogP contribution in [0.4, 0.5) is 0 Å². The largest absolute Gasteiger partial charge is 0.481 e. The van der Waals surface area contributed by atoms with Crippen molar-refractivity contribution < 1.29 is 15.0 Å². The van der Waals surface area contributed by atoms with Crippen LogP contribution in [0.2, 0.25) is 0 Å². The zero-order valence-corrected chi connectivity index (χ0v) is 7.27. The van der Waals surface area contributed by atoms with Crippen LogP contribution in [0.25, 0.3) is 0 Å². The number of pyridine rings is 1. The molecule has 1 atom stereocenters. The van der Waals surface area contributed by atoms with E-state index in [-0.39, 0.29) is 6.42 Å². The van der Waals surface area contributed by atoms with Crippen molar-refractivity contribution in [3.8, 4) is 0 Å². The molecule has 0 aliphatic heterocycles. The third kappa shape index (κ3) is 2.52. The second-order valence-corrected chi connectivity index (χ2v) is 2.85. The third-order valence-electron chi connectivity index (χ3n) is 1.79. The Bertz CT molecular complexity index is 311. The van der Waals surface area contributed by atoms with Gasteiger partial charge in [0.25, 0.3) is 0 Å². The number of rotatable bonds is 3. The summed E-state index contributed by atoms with van der Waals surface area (Å²) in [7, 11) is 0. The molecule has 0 aliphatic carbocycles. The Hall–Kier alpha value is -1.42. The van der Waals surface area contributed by atoms with Gasteiger partial charge in [-0.1, -0.05) is 0 Å². The first-order valence-corrected chi connectivity index (χ1v) is 3.91. The fourth-order valence-electron chi connectivity index (χ4n) is 1.13. The number of hydrogen-bond acceptors (Lipinski definition) is 3. The van der Waals surface area contributed by atoms with Crippen molar-refractivity contribution in [2.24, 2.45) is 0 Å². The standard InChI is InChI=1S/C9H11NO3/c1-6-5-10-3-2-7(6)8(11)4-9(12)13/h2-3,5,8,11H,4H2,1H3,(H,12,13)/t8-/m0/s1. The van der Waals surface area contributed by atoms with Gasteiger partial charge < -0.3 is 10.2 Å². The van der Waals surface area contributed by atoms with Crippen molar-refractivity contribution in [2.45, 2.75) is 19.4 Å². The summed E-state index contributed by atoms with van der Waals surface area (Å²) in [5, 5.41) is 17.9. The summed E-state index contributed by atoms with van der Waals surface area (Å²) in [6.07, 6.45) is 1.92. The van der Waals surface area contributed by atoms with E-state index in [1.165, 1.54) is 6.20 Å². The van der Waals surface area contributed by atoms with E-state index in [0.29, 0.717) is 5.56 Å². The van der Waals surface area contributed by atoms with Gasteiger partial charge in [0.05, 0.1) is 12.5 Å². The second-order valence-electron chi connectivity index (χ2n) is 2.85. The number of hydrogen-bond donors (Lipinski definition) is 2. The smallest absolute Gasteiger partial charge is 0.306 e. The predicted molar refractivity (Wildman–Crippen MR) is 46.2 cm³/mol. The molecular weight excluding hydrogens is 170 g/mol. The maximum Gasteiger partial charge on any atom is 0.306 e. The Labute approximate surface area is 75.9 Å². The molecule has 0 fully saturated rings. The molecule has 0 aliphatic rings. The van der Waals surface area contributed by atoms with E-state index in [2.05, 4.69) is 4.98 Å². The molecule has 0 saturated carbocycles. The van der Waals surface area contributed by atoms with Gasteiger partial charge in [-0.25, -0.2) is 0 Å². The van der Waals surface area contributed by atoms with E-state index in [1.807, 2.05) is 0 Å². The highest BCUT2D eigenvalue weighted by Gasteiger charge is 2.13. The molecule has 70 valence electrons. The number of carbonyl (C=O) groups is 1. The molecular formula is C9H11NO3. The molecule has 0 unspecified atom stereocenters. The highest BCUT2D eigenvalue weighted by atomic mass is 16.4. The van der Waals surface area contributed by atoms with Crippen LogP contribution in [-0.2, 0) is 4.79 Å². The van der Waals surface area contributed by atoms with Crippen LogP contribution in [0.1, 0.15) is 23.7 Å². The number of aliphatic hydroxyl groups excluding tert-OH is 1. The minimum Gasteiger partial charge on any atom is -0.481 e. The van der Waals surface area contributed by atoms with Gasteiger partial charge in [-0.2, -0.15) is 0 Å². The molecule has 0 radical (unpaired) electrons. The molecule has 4 nitrogen and oxygen atoms in total. The molecule has 0 saturated heterocycles. The van der Waals surface area contributed by atoms with Crippen LogP contribution in [0.15, 0.2) is 18.5 Å². The van der Waals surface area contributed by atoms with Crippen molar-refractivity contribution in [3.05, 3.63) is 29.6 Å². The molecule has 0 aromatic carbocycles. The first kappa shape index (κ1) is 9.67. The summed E-state index contributed by atoms with van der Waals surface area (Å²) in [5.74, 6) is -1.01. The third-order valence-corrected chi connectivity index (χ3v) is 1.79. The molecule has 13 heavy (non-hydrogen) atoms. The maximum absolute atomic E-state index is 10.3. The summed E-state index contributed by atoms with van der Waals surface area (Å²) in [6.45, 7) is 1.79. The minimum atomic E-state index is -1.01. The Kier molecular flexibility index (Phi) is 2.97. The summed E-state index contributed by atoms with van der Waals surface area (Å²) in [5.41, 5.74) is 1.42. The average molecular weight is 181 g/mol. The zero-order chi connectivity index (χ0) is 9.84. The van der Waals surface area contributed by atoms with Gasteiger partial charge in [0.1, 0.15) is 0 Å². The Morgan fingerprint density at radius 3 is 2.92 bits per heavy atom. The van der Waals surface area contributed by atoms with E-state index in [1.54, 1.807) is 19.2 Å². The monoisotopic (exact) mass is 181 g/mol. The highest BCUT2D eigenvalue weighted by molar-refractivity contribution is 5.67. The number of aliphatic carboxylic acids is 1. The highest BCUT2D eigenvalue weighted by Crippen LogP contribution is 2.18. The number of nitrogens with zero attached hydrogens (tertiary/aromatic N) is 1. The van der Waals surface area contributed by atoms with E-state index >= 15 is 0 Å². The lowest BCUT2D eigenvalue weighted by Crippen LogP contribution is -2.06. The molecule has 1 rings (SSSR count). The Balaban J connectivity index is 2.82. The summed E-state index contributed by atoms with van der Waals surface area (Å²) < 4.78 is 0. The van der Waals surface area contributed by atoms with Gasteiger partial charge >= 0.3 is 5.97 Å². The number of aliphatic hydroxyl groups is 1. The van der Waals surface area contributed by atoms with Crippen LogP contribution in [0.5, 0.6) is 0 Å². The van der Waals surface area contributed by atoms with Crippen molar-refractivity contribution in [3.63, 3.8) is 0 Å². The van der Waals surface area contributed by atoms with E-state index in [4.69, 9.17) is 5.11 Å². The van der Waals surface area contributed by atoms with Crippen LogP contribution in [-0.4, -0.2) is 21.2 Å². The molecule has 1 aromatic rings. The molecule has 0 amide bonds. The second kappa shape index (κ2) is 4.00. The Morgan fingerprint density at radius 2 is 2.38 bits per heavy atom. The lowest BCUT2D eigenvalue weighted by atomic mass is 10.0. The van der Waals surface area contributed by atoms with Crippen LogP contribution in [0.3, 0.4) is 0 Å². The first-order valence-electron chi connectivity index (χ1n) is 3.91.